The predicted molar refractivity (Wildman–Crippen MR) is 135 cm³/mol. The molecule has 1 N–H and O–H groups in total. The van der Waals surface area contributed by atoms with Gasteiger partial charge in [0.2, 0.25) is 5.96 Å². The number of nitrogens with zero attached hydrogens (tertiary/aromatic N) is 6. The predicted octanol–water partition coefficient (Wildman–Crippen LogP) is 3.88. The van der Waals surface area contributed by atoms with Crippen LogP contribution in [0.1, 0.15) is 44.6 Å². The molecule has 0 radical (unpaired) electrons. The molecule has 0 saturated heterocycles. The quantitative estimate of drug-likeness (QED) is 0.549. The minimum Gasteiger partial charge on any atom is -0.318 e. The Kier molecular flexibility index (Phi) is 5.47. The molecule has 3 aliphatic rings. The van der Waals surface area contributed by atoms with Crippen molar-refractivity contribution in [3.8, 4) is 22.5 Å². The van der Waals surface area contributed by atoms with E-state index >= 15 is 0 Å². The van der Waals surface area contributed by atoms with Gasteiger partial charge in [-0.3, -0.25) is 14.5 Å². The van der Waals surface area contributed by atoms with E-state index in [0.717, 1.165) is 60.1 Å². The van der Waals surface area contributed by atoms with Crippen molar-refractivity contribution in [1.29, 1.82) is 0 Å². The number of carbonyl (C=O) groups excluding carboxylic acids is 2. The smallest absolute Gasteiger partial charge is 0.272 e. The minimum absolute atomic E-state index is 0.124. The summed E-state index contributed by atoms with van der Waals surface area (Å²) in [6.07, 6.45) is 4.62. The van der Waals surface area contributed by atoms with Crippen LogP contribution in [-0.2, 0) is 9.59 Å². The Morgan fingerprint density at radius 2 is 1.72 bits per heavy atom. The molecule has 9 nitrogen and oxygen atoms in total. The highest BCUT2D eigenvalue weighted by molar-refractivity contribution is 6.30. The normalized spacial score (nSPS) is 19.7. The fourth-order valence-electron chi connectivity index (χ4n) is 5.22. The average molecular weight is 482 g/mol. The zero-order valence-electron chi connectivity index (χ0n) is 20.3. The standard InChI is InChI=1S/C27H27N7O2/c1-3-4-9-21-22(26(36)34-23(18-14-15-18)25(35)28-27(34)33(21)2)17-12-10-16(11-13-17)19-7-5-6-8-20(19)24-29-31-32-30-24/h5-8,10-13,18,23H,3-4,9,14-15H2,1-2H3,(H,29,30,31,32). The number of amides is 2. The van der Waals surface area contributed by atoms with Crippen LogP contribution in [0.4, 0.5) is 0 Å². The van der Waals surface area contributed by atoms with Crippen molar-refractivity contribution in [1.82, 2.24) is 30.4 Å². The molecule has 2 aromatic carbocycles. The van der Waals surface area contributed by atoms with Crippen molar-refractivity contribution < 1.29 is 9.59 Å². The topological polar surface area (TPSA) is 107 Å². The number of fused-ring (bicyclic) bond motifs is 1. The summed E-state index contributed by atoms with van der Waals surface area (Å²) in [7, 11) is 1.92. The van der Waals surface area contributed by atoms with E-state index in [1.165, 1.54) is 0 Å². The van der Waals surface area contributed by atoms with Gasteiger partial charge in [-0.15, -0.1) is 5.10 Å². The van der Waals surface area contributed by atoms with E-state index < -0.39 is 6.04 Å². The second-order valence-electron chi connectivity index (χ2n) is 9.56. The van der Waals surface area contributed by atoms with Crippen molar-refractivity contribution in [3.63, 3.8) is 0 Å². The Bertz CT molecular complexity index is 1390. The van der Waals surface area contributed by atoms with Crippen LogP contribution in [0, 0.1) is 5.92 Å². The lowest BCUT2D eigenvalue weighted by atomic mass is 9.93. The van der Waals surface area contributed by atoms with Crippen LogP contribution < -0.4 is 0 Å². The first-order valence-corrected chi connectivity index (χ1v) is 12.5. The zero-order valence-corrected chi connectivity index (χ0v) is 20.3. The first-order valence-electron chi connectivity index (χ1n) is 12.5. The Morgan fingerprint density at radius 1 is 1.00 bits per heavy atom. The molecule has 9 heteroatoms. The third-order valence-corrected chi connectivity index (χ3v) is 7.23. The molecule has 2 aliphatic heterocycles. The molecule has 0 bridgehead atoms. The van der Waals surface area contributed by atoms with Crippen LogP contribution in [0.3, 0.4) is 0 Å². The molecule has 36 heavy (non-hydrogen) atoms. The Morgan fingerprint density at radius 3 is 2.39 bits per heavy atom. The van der Waals surface area contributed by atoms with Gasteiger partial charge in [-0.25, -0.2) is 5.10 Å². The second-order valence-corrected chi connectivity index (χ2v) is 9.56. The molecular formula is C27H27N7O2. The molecule has 1 aliphatic carbocycles. The van der Waals surface area contributed by atoms with Crippen molar-refractivity contribution >= 4 is 23.3 Å². The summed E-state index contributed by atoms with van der Waals surface area (Å²) in [5, 5.41) is 14.3. The fourth-order valence-corrected chi connectivity index (χ4v) is 5.22. The van der Waals surface area contributed by atoms with Gasteiger partial charge >= 0.3 is 0 Å². The molecule has 1 atom stereocenters. The number of unbranched alkanes of at least 4 members (excludes halogenated alkanes) is 1. The second kappa shape index (κ2) is 8.82. The fraction of sp³-hybridized carbons (Fsp3) is 0.333. The van der Waals surface area contributed by atoms with E-state index in [9.17, 15) is 9.59 Å². The molecule has 3 aromatic rings. The number of nitrogens with one attached hydrogen (secondary N) is 1. The number of hydrogen-bond acceptors (Lipinski definition) is 6. The maximum absolute atomic E-state index is 14.0. The number of rotatable bonds is 7. The maximum atomic E-state index is 14.0. The molecule has 1 unspecified atom stereocenters. The molecule has 6 rings (SSSR count). The lowest BCUT2D eigenvalue weighted by Gasteiger charge is -2.38. The van der Waals surface area contributed by atoms with Gasteiger partial charge in [-0.1, -0.05) is 61.9 Å². The van der Waals surface area contributed by atoms with Gasteiger partial charge in [0, 0.05) is 18.3 Å². The maximum Gasteiger partial charge on any atom is 0.272 e. The summed E-state index contributed by atoms with van der Waals surface area (Å²) >= 11 is 0. The summed E-state index contributed by atoms with van der Waals surface area (Å²) < 4.78 is 0. The summed E-state index contributed by atoms with van der Waals surface area (Å²) in [5.74, 6) is 0.959. The number of tetrazole rings is 1. The molecule has 1 saturated carbocycles. The number of aliphatic imine (C=N–C) groups is 1. The van der Waals surface area contributed by atoms with E-state index in [2.05, 4.69) is 32.5 Å². The van der Waals surface area contributed by atoms with Gasteiger partial charge < -0.3 is 4.90 Å². The van der Waals surface area contributed by atoms with E-state index in [1.54, 1.807) is 4.90 Å². The summed E-state index contributed by atoms with van der Waals surface area (Å²) in [6.45, 7) is 2.13. The van der Waals surface area contributed by atoms with Gasteiger partial charge in [-0.2, -0.15) is 4.99 Å². The van der Waals surface area contributed by atoms with Crippen molar-refractivity contribution in [3.05, 3.63) is 59.8 Å². The molecule has 182 valence electrons. The molecular weight excluding hydrogens is 454 g/mol. The largest absolute Gasteiger partial charge is 0.318 e. The number of H-pyrrole nitrogens is 1. The number of guanidine groups is 1. The highest BCUT2D eigenvalue weighted by Gasteiger charge is 2.52. The van der Waals surface area contributed by atoms with Gasteiger partial charge in [-0.05, 0) is 58.7 Å². The van der Waals surface area contributed by atoms with Crippen LogP contribution >= 0.6 is 0 Å². The Hall–Kier alpha value is -4.14. The summed E-state index contributed by atoms with van der Waals surface area (Å²) in [4.78, 5) is 34.6. The monoisotopic (exact) mass is 481 g/mol. The Labute approximate surface area is 208 Å². The lowest BCUT2D eigenvalue weighted by Crippen LogP contribution is -2.53. The third-order valence-electron chi connectivity index (χ3n) is 7.23. The highest BCUT2D eigenvalue weighted by Crippen LogP contribution is 2.43. The molecule has 0 spiro atoms. The van der Waals surface area contributed by atoms with Crippen LogP contribution in [0.15, 0.2) is 59.2 Å². The van der Waals surface area contributed by atoms with Gasteiger partial charge in [0.05, 0.1) is 5.57 Å². The van der Waals surface area contributed by atoms with Crippen molar-refractivity contribution in [2.24, 2.45) is 10.9 Å². The number of benzene rings is 2. The van der Waals surface area contributed by atoms with Crippen molar-refractivity contribution in [2.75, 3.05) is 7.05 Å². The molecule has 3 heterocycles. The summed E-state index contributed by atoms with van der Waals surface area (Å²) in [5.41, 5.74) is 5.30. The molecule has 1 aromatic heterocycles. The first kappa shape index (κ1) is 22.3. The minimum atomic E-state index is -0.473. The molecule has 2 amide bonds. The SMILES string of the molecule is CCCCC1=C(c2ccc(-c3ccccc3-c3nnn[nH]3)cc2)C(=O)N2C(=NC(=O)C2C2CC2)N1C. The summed E-state index contributed by atoms with van der Waals surface area (Å²) in [6, 6.07) is 15.5. The van der Waals surface area contributed by atoms with Gasteiger partial charge in [0.15, 0.2) is 5.82 Å². The zero-order chi connectivity index (χ0) is 24.8. The van der Waals surface area contributed by atoms with Crippen LogP contribution in [0.2, 0.25) is 0 Å². The number of aromatic amines is 1. The van der Waals surface area contributed by atoms with E-state index in [1.807, 2.05) is 60.5 Å². The van der Waals surface area contributed by atoms with E-state index in [-0.39, 0.29) is 17.7 Å². The van der Waals surface area contributed by atoms with Crippen LogP contribution in [0.5, 0.6) is 0 Å². The Balaban J connectivity index is 1.41. The average Bonchev–Trinajstić information content (AvgIpc) is 3.45. The van der Waals surface area contributed by atoms with E-state index in [0.29, 0.717) is 17.4 Å². The van der Waals surface area contributed by atoms with E-state index in [4.69, 9.17) is 0 Å². The number of hydrogen-bond donors (Lipinski definition) is 1. The number of carbonyl (C=O) groups is 2. The molecule has 1 fully saturated rings. The van der Waals surface area contributed by atoms with Gasteiger partial charge in [0.1, 0.15) is 6.04 Å². The highest BCUT2D eigenvalue weighted by atomic mass is 16.2. The van der Waals surface area contributed by atoms with Crippen LogP contribution in [-0.4, -0.2) is 61.3 Å². The lowest BCUT2D eigenvalue weighted by molar-refractivity contribution is -0.130. The van der Waals surface area contributed by atoms with Crippen molar-refractivity contribution in [2.45, 2.75) is 45.1 Å². The first-order chi connectivity index (χ1) is 17.6. The number of aromatic nitrogens is 4. The number of allylic oxidation sites excluding steroid dienone is 1. The third kappa shape index (κ3) is 3.62. The van der Waals surface area contributed by atoms with Gasteiger partial charge in [0.25, 0.3) is 11.8 Å². The van der Waals surface area contributed by atoms with Crippen LogP contribution in [0.25, 0.3) is 28.1 Å².